The van der Waals surface area contributed by atoms with Crippen LogP contribution in [0.15, 0.2) is 24.4 Å². The van der Waals surface area contributed by atoms with Crippen LogP contribution < -0.4 is 5.32 Å². The smallest absolute Gasteiger partial charge is 0.222 e. The lowest BCUT2D eigenvalue weighted by molar-refractivity contribution is -0.122. The van der Waals surface area contributed by atoms with Crippen LogP contribution in [0.5, 0.6) is 0 Å². The van der Waals surface area contributed by atoms with E-state index in [4.69, 9.17) is 0 Å². The second-order valence-electron chi connectivity index (χ2n) is 7.62. The van der Waals surface area contributed by atoms with E-state index in [0.717, 1.165) is 22.3 Å². The van der Waals surface area contributed by atoms with Gasteiger partial charge in [-0.2, -0.15) is 10.2 Å². The monoisotopic (exact) mass is 367 g/mol. The van der Waals surface area contributed by atoms with E-state index in [1.807, 2.05) is 29.4 Å². The summed E-state index contributed by atoms with van der Waals surface area (Å²) < 4.78 is 3.87. The molecule has 6 nitrogen and oxygen atoms in total. The fourth-order valence-electron chi connectivity index (χ4n) is 3.65. The van der Waals surface area contributed by atoms with E-state index in [9.17, 15) is 4.79 Å². The third-order valence-corrected chi connectivity index (χ3v) is 4.98. The second-order valence-corrected chi connectivity index (χ2v) is 7.62. The van der Waals surface area contributed by atoms with Crippen molar-refractivity contribution in [3.05, 3.63) is 46.8 Å². The maximum atomic E-state index is 12.5. The Kier molecular flexibility index (Phi) is 5.35. The number of hydrogen-bond donors (Lipinski definition) is 1. The van der Waals surface area contributed by atoms with Crippen molar-refractivity contribution >= 4 is 16.9 Å². The Hall–Kier alpha value is -2.63. The highest BCUT2D eigenvalue weighted by Crippen LogP contribution is 2.22. The summed E-state index contributed by atoms with van der Waals surface area (Å²) in [6, 6.07) is 6.59. The summed E-state index contributed by atoms with van der Waals surface area (Å²) in [6.07, 6.45) is 2.23. The summed E-state index contributed by atoms with van der Waals surface area (Å²) >= 11 is 0. The van der Waals surface area contributed by atoms with Crippen LogP contribution in [0, 0.1) is 20.8 Å². The Morgan fingerprint density at radius 3 is 2.59 bits per heavy atom. The molecule has 0 spiro atoms. The molecule has 1 unspecified atom stereocenters. The molecule has 0 fully saturated rings. The predicted octanol–water partition coefficient (Wildman–Crippen LogP) is 4.01. The van der Waals surface area contributed by atoms with Gasteiger partial charge >= 0.3 is 0 Å². The highest BCUT2D eigenvalue weighted by atomic mass is 16.1. The molecule has 0 bridgehead atoms. The minimum Gasteiger partial charge on any atom is -0.350 e. The van der Waals surface area contributed by atoms with E-state index in [-0.39, 0.29) is 18.0 Å². The highest BCUT2D eigenvalue weighted by molar-refractivity contribution is 5.79. The van der Waals surface area contributed by atoms with Crippen molar-refractivity contribution in [3.8, 4) is 0 Å². The molecule has 2 aromatic heterocycles. The molecule has 0 aliphatic heterocycles. The van der Waals surface area contributed by atoms with Crippen molar-refractivity contribution in [1.29, 1.82) is 0 Å². The van der Waals surface area contributed by atoms with Gasteiger partial charge in [0, 0.05) is 12.5 Å². The SMILES string of the molecule is Cc1ccc(C(C)NC(=O)CCn2ncc3c2c(C)nn3C(C)C)c(C)c1. The Labute approximate surface area is 160 Å². The van der Waals surface area contributed by atoms with Gasteiger partial charge in [0.25, 0.3) is 0 Å². The number of carbonyl (C=O) groups excluding carboxylic acids is 1. The van der Waals surface area contributed by atoms with E-state index >= 15 is 0 Å². The van der Waals surface area contributed by atoms with Crippen LogP contribution in [0.1, 0.15) is 61.7 Å². The summed E-state index contributed by atoms with van der Waals surface area (Å²) in [6.45, 7) is 12.9. The molecule has 0 saturated carbocycles. The number of rotatable bonds is 6. The minimum atomic E-state index is -0.0128. The Bertz CT molecular complexity index is 967. The van der Waals surface area contributed by atoms with Crippen LogP contribution in [0.25, 0.3) is 11.0 Å². The molecule has 1 amide bonds. The van der Waals surface area contributed by atoms with Crippen LogP contribution >= 0.6 is 0 Å². The van der Waals surface area contributed by atoms with Gasteiger partial charge in [-0.3, -0.25) is 14.2 Å². The van der Waals surface area contributed by atoms with E-state index < -0.39 is 0 Å². The molecule has 144 valence electrons. The Morgan fingerprint density at radius 2 is 1.93 bits per heavy atom. The van der Waals surface area contributed by atoms with Crippen LogP contribution in [0.3, 0.4) is 0 Å². The molecule has 0 radical (unpaired) electrons. The number of aromatic nitrogens is 4. The molecule has 3 rings (SSSR count). The Balaban J connectivity index is 1.66. The number of nitrogens with zero attached hydrogens (tertiary/aromatic N) is 4. The number of carbonyl (C=O) groups is 1. The first kappa shape index (κ1) is 19.1. The van der Waals surface area contributed by atoms with Gasteiger partial charge in [0.1, 0.15) is 11.0 Å². The summed E-state index contributed by atoms with van der Waals surface area (Å²) in [5.41, 5.74) is 6.57. The third-order valence-electron chi connectivity index (χ3n) is 4.98. The zero-order valence-corrected chi connectivity index (χ0v) is 17.1. The summed E-state index contributed by atoms with van der Waals surface area (Å²) in [5, 5.41) is 12.2. The van der Waals surface area contributed by atoms with Gasteiger partial charge in [0.2, 0.25) is 5.91 Å². The van der Waals surface area contributed by atoms with Crippen LogP contribution in [-0.2, 0) is 11.3 Å². The van der Waals surface area contributed by atoms with Crippen molar-refractivity contribution in [2.75, 3.05) is 0 Å². The first-order valence-electron chi connectivity index (χ1n) is 9.55. The molecular formula is C21H29N5O. The molecule has 6 heteroatoms. The summed E-state index contributed by atoms with van der Waals surface area (Å²) in [7, 11) is 0. The summed E-state index contributed by atoms with van der Waals surface area (Å²) in [5.74, 6) is 0.0278. The number of benzene rings is 1. The normalized spacial score (nSPS) is 12.7. The fourth-order valence-corrected chi connectivity index (χ4v) is 3.65. The molecule has 1 atom stereocenters. The quantitative estimate of drug-likeness (QED) is 0.716. The Morgan fingerprint density at radius 1 is 1.19 bits per heavy atom. The van der Waals surface area contributed by atoms with Gasteiger partial charge in [-0.1, -0.05) is 23.8 Å². The molecule has 0 aliphatic rings. The number of nitrogens with one attached hydrogen (secondary N) is 1. The van der Waals surface area contributed by atoms with Gasteiger partial charge in [-0.15, -0.1) is 0 Å². The van der Waals surface area contributed by atoms with Gasteiger partial charge in [0.15, 0.2) is 0 Å². The van der Waals surface area contributed by atoms with E-state index in [1.165, 1.54) is 11.1 Å². The lowest BCUT2D eigenvalue weighted by atomic mass is 10.0. The van der Waals surface area contributed by atoms with Crippen molar-refractivity contribution in [2.45, 2.75) is 66.6 Å². The molecule has 2 heterocycles. The zero-order chi connectivity index (χ0) is 19.7. The van der Waals surface area contributed by atoms with Crippen molar-refractivity contribution < 1.29 is 4.79 Å². The van der Waals surface area contributed by atoms with Crippen molar-refractivity contribution in [3.63, 3.8) is 0 Å². The maximum Gasteiger partial charge on any atom is 0.222 e. The molecule has 1 N–H and O–H groups in total. The highest BCUT2D eigenvalue weighted by Gasteiger charge is 2.16. The first-order valence-corrected chi connectivity index (χ1v) is 9.55. The number of hydrogen-bond acceptors (Lipinski definition) is 3. The van der Waals surface area contributed by atoms with Crippen LogP contribution in [0.2, 0.25) is 0 Å². The molecule has 27 heavy (non-hydrogen) atoms. The van der Waals surface area contributed by atoms with Gasteiger partial charge in [-0.05, 0) is 52.7 Å². The lowest BCUT2D eigenvalue weighted by Gasteiger charge is -2.17. The van der Waals surface area contributed by atoms with Crippen LogP contribution in [0.4, 0.5) is 0 Å². The van der Waals surface area contributed by atoms with E-state index in [0.29, 0.717) is 13.0 Å². The molecule has 3 aromatic rings. The largest absolute Gasteiger partial charge is 0.350 e. The van der Waals surface area contributed by atoms with Crippen molar-refractivity contribution in [1.82, 2.24) is 24.9 Å². The minimum absolute atomic E-state index is 0.0128. The second kappa shape index (κ2) is 7.55. The maximum absolute atomic E-state index is 12.5. The topological polar surface area (TPSA) is 64.7 Å². The molecular weight excluding hydrogens is 338 g/mol. The number of aryl methyl sites for hydroxylation is 4. The van der Waals surface area contributed by atoms with Gasteiger partial charge < -0.3 is 5.32 Å². The van der Waals surface area contributed by atoms with Crippen molar-refractivity contribution in [2.24, 2.45) is 0 Å². The fraction of sp³-hybridized carbons (Fsp3) is 0.476. The summed E-state index contributed by atoms with van der Waals surface area (Å²) in [4.78, 5) is 12.5. The zero-order valence-electron chi connectivity index (χ0n) is 17.1. The lowest BCUT2D eigenvalue weighted by Crippen LogP contribution is -2.28. The average molecular weight is 367 g/mol. The number of fused-ring (bicyclic) bond motifs is 1. The number of amides is 1. The first-order chi connectivity index (χ1) is 12.8. The van der Waals surface area contributed by atoms with Gasteiger partial charge in [0.05, 0.1) is 24.5 Å². The molecule has 0 aliphatic carbocycles. The standard InChI is InChI=1S/C21H29N5O/c1-13(2)26-19-12-22-25(21(19)17(6)24-26)10-9-20(27)23-16(5)18-8-7-14(3)11-15(18)4/h7-8,11-13,16H,9-10H2,1-6H3,(H,23,27). The van der Waals surface area contributed by atoms with E-state index in [2.05, 4.69) is 61.4 Å². The predicted molar refractivity (Wildman–Crippen MR) is 108 cm³/mol. The van der Waals surface area contributed by atoms with Crippen LogP contribution in [-0.4, -0.2) is 25.5 Å². The van der Waals surface area contributed by atoms with Gasteiger partial charge in [-0.25, -0.2) is 0 Å². The molecule has 1 aromatic carbocycles. The van der Waals surface area contributed by atoms with E-state index in [1.54, 1.807) is 0 Å². The average Bonchev–Trinajstić information content (AvgIpc) is 3.14. The molecule has 0 saturated heterocycles. The third kappa shape index (κ3) is 3.89.